The molecule has 0 fully saturated rings. The maximum atomic E-state index is 12.2. The van der Waals surface area contributed by atoms with Crippen LogP contribution in [0.1, 0.15) is 17.5 Å². The van der Waals surface area contributed by atoms with Crippen LogP contribution in [0.3, 0.4) is 0 Å². The molecule has 2 aromatic carbocycles. The van der Waals surface area contributed by atoms with Gasteiger partial charge >= 0.3 is 0 Å². The van der Waals surface area contributed by atoms with Crippen molar-refractivity contribution in [3.8, 4) is 17.2 Å². The highest BCUT2D eigenvalue weighted by molar-refractivity contribution is 5.76. The fraction of sp³-hybridized carbons (Fsp3) is 0.381. The molecule has 138 valence electrons. The zero-order chi connectivity index (χ0) is 18.4. The molecule has 5 nitrogen and oxygen atoms in total. The van der Waals surface area contributed by atoms with Crippen LogP contribution in [0.2, 0.25) is 0 Å². The second-order valence-electron chi connectivity index (χ2n) is 6.51. The van der Waals surface area contributed by atoms with E-state index in [1.807, 2.05) is 36.4 Å². The molecule has 1 unspecified atom stereocenters. The summed E-state index contributed by atoms with van der Waals surface area (Å²) in [5.41, 5.74) is 2.23. The summed E-state index contributed by atoms with van der Waals surface area (Å²) in [6.45, 7) is 1.28. The molecule has 0 saturated heterocycles. The number of aryl methyl sites for hydroxylation is 1. The van der Waals surface area contributed by atoms with E-state index in [1.54, 1.807) is 14.2 Å². The molecule has 0 radical (unpaired) electrons. The highest BCUT2D eigenvalue weighted by Gasteiger charge is 2.19. The Morgan fingerprint density at radius 1 is 1.15 bits per heavy atom. The fourth-order valence-corrected chi connectivity index (χ4v) is 3.14. The molecular weight excluding hydrogens is 330 g/mol. The molecule has 26 heavy (non-hydrogen) atoms. The van der Waals surface area contributed by atoms with Gasteiger partial charge in [0, 0.05) is 24.9 Å². The zero-order valence-corrected chi connectivity index (χ0v) is 15.3. The van der Waals surface area contributed by atoms with Gasteiger partial charge < -0.3 is 19.5 Å². The molecule has 0 bridgehead atoms. The number of nitrogens with one attached hydrogen (secondary N) is 1. The molecule has 0 spiro atoms. The lowest BCUT2D eigenvalue weighted by Gasteiger charge is -2.25. The van der Waals surface area contributed by atoms with Crippen LogP contribution in [0.15, 0.2) is 42.5 Å². The number of methoxy groups -OCH3 is 2. The number of ether oxygens (including phenoxy) is 3. The molecule has 1 aliphatic heterocycles. The third kappa shape index (κ3) is 4.69. The fourth-order valence-electron chi connectivity index (χ4n) is 3.14. The predicted molar refractivity (Wildman–Crippen MR) is 100 cm³/mol. The average molecular weight is 355 g/mol. The minimum Gasteiger partial charge on any atom is -0.497 e. The number of fused-ring (bicyclic) bond motifs is 1. The third-order valence-corrected chi connectivity index (χ3v) is 4.60. The van der Waals surface area contributed by atoms with Gasteiger partial charge in [0.05, 0.1) is 20.8 Å². The summed E-state index contributed by atoms with van der Waals surface area (Å²) < 4.78 is 16.3. The molecular formula is C21H25NO4. The second kappa shape index (κ2) is 8.61. The number of hydrogen-bond acceptors (Lipinski definition) is 4. The number of para-hydroxylation sites is 1. The Balaban J connectivity index is 1.46. The van der Waals surface area contributed by atoms with Crippen molar-refractivity contribution in [2.45, 2.75) is 19.3 Å². The van der Waals surface area contributed by atoms with Crippen molar-refractivity contribution in [3.05, 3.63) is 53.6 Å². The van der Waals surface area contributed by atoms with E-state index in [0.717, 1.165) is 29.2 Å². The van der Waals surface area contributed by atoms with E-state index in [0.29, 0.717) is 31.9 Å². The number of carbonyl (C=O) groups excluding carboxylic acids is 1. The topological polar surface area (TPSA) is 56.8 Å². The highest BCUT2D eigenvalue weighted by Crippen LogP contribution is 2.26. The molecule has 0 saturated carbocycles. The van der Waals surface area contributed by atoms with Gasteiger partial charge in [0.1, 0.15) is 17.2 Å². The van der Waals surface area contributed by atoms with Crippen molar-refractivity contribution in [2.75, 3.05) is 27.4 Å². The van der Waals surface area contributed by atoms with Gasteiger partial charge in [0.15, 0.2) is 0 Å². The smallest absolute Gasteiger partial charge is 0.220 e. The van der Waals surface area contributed by atoms with Crippen molar-refractivity contribution < 1.29 is 19.0 Å². The Kier molecular flexibility index (Phi) is 6.00. The van der Waals surface area contributed by atoms with E-state index in [2.05, 4.69) is 11.4 Å². The molecule has 1 heterocycles. The van der Waals surface area contributed by atoms with Crippen molar-refractivity contribution in [3.63, 3.8) is 0 Å². The quantitative estimate of drug-likeness (QED) is 0.829. The first-order valence-corrected chi connectivity index (χ1v) is 8.87. The van der Waals surface area contributed by atoms with Gasteiger partial charge in [-0.05, 0) is 42.2 Å². The molecule has 0 aliphatic carbocycles. The Morgan fingerprint density at radius 2 is 1.88 bits per heavy atom. The first-order chi connectivity index (χ1) is 12.7. The van der Waals surface area contributed by atoms with Gasteiger partial charge in [-0.25, -0.2) is 0 Å². The maximum Gasteiger partial charge on any atom is 0.220 e. The zero-order valence-electron chi connectivity index (χ0n) is 15.3. The van der Waals surface area contributed by atoms with Crippen molar-refractivity contribution in [1.82, 2.24) is 5.32 Å². The van der Waals surface area contributed by atoms with Gasteiger partial charge in [0.25, 0.3) is 0 Å². The lowest BCUT2D eigenvalue weighted by atomic mass is 9.96. The summed E-state index contributed by atoms with van der Waals surface area (Å²) in [6, 6.07) is 13.8. The van der Waals surface area contributed by atoms with Gasteiger partial charge in [0.2, 0.25) is 5.91 Å². The van der Waals surface area contributed by atoms with Crippen molar-refractivity contribution >= 4 is 5.91 Å². The Labute approximate surface area is 154 Å². The lowest BCUT2D eigenvalue weighted by Crippen LogP contribution is -2.34. The van der Waals surface area contributed by atoms with Crippen LogP contribution in [-0.2, 0) is 17.6 Å². The molecule has 0 aromatic heterocycles. The van der Waals surface area contributed by atoms with E-state index in [9.17, 15) is 4.79 Å². The normalized spacial score (nSPS) is 15.5. The number of benzene rings is 2. The standard InChI is InChI=1S/C21H25NO4/c1-24-18-10-15(11-19(12-18)25-2)7-8-21(23)22-13-16-9-17-5-3-4-6-20(17)26-14-16/h3-6,10-12,16H,7-9,13-14H2,1-2H3,(H,22,23). The number of hydrogen-bond donors (Lipinski definition) is 1. The summed E-state index contributed by atoms with van der Waals surface area (Å²) in [4.78, 5) is 12.2. The van der Waals surface area contributed by atoms with Crippen LogP contribution < -0.4 is 19.5 Å². The Hall–Kier alpha value is -2.69. The predicted octanol–water partition coefficient (Wildman–Crippen LogP) is 3.00. The van der Waals surface area contributed by atoms with Gasteiger partial charge in [-0.1, -0.05) is 18.2 Å². The third-order valence-electron chi connectivity index (χ3n) is 4.60. The van der Waals surface area contributed by atoms with E-state index >= 15 is 0 Å². The van der Waals surface area contributed by atoms with Crippen LogP contribution in [-0.4, -0.2) is 33.3 Å². The van der Waals surface area contributed by atoms with Crippen LogP contribution in [0.5, 0.6) is 17.2 Å². The minimum atomic E-state index is 0.0469. The van der Waals surface area contributed by atoms with Gasteiger partial charge in [-0.15, -0.1) is 0 Å². The highest BCUT2D eigenvalue weighted by atomic mass is 16.5. The minimum absolute atomic E-state index is 0.0469. The average Bonchev–Trinajstić information content (AvgIpc) is 2.70. The summed E-state index contributed by atoms with van der Waals surface area (Å²) in [6.07, 6.45) is 2.01. The first kappa shape index (κ1) is 18.1. The van der Waals surface area contributed by atoms with Crippen molar-refractivity contribution in [1.29, 1.82) is 0 Å². The molecule has 5 heteroatoms. The molecule has 1 atom stereocenters. The molecule has 1 amide bonds. The van der Waals surface area contributed by atoms with Crippen LogP contribution in [0.25, 0.3) is 0 Å². The van der Waals surface area contributed by atoms with Crippen LogP contribution in [0.4, 0.5) is 0 Å². The summed E-state index contributed by atoms with van der Waals surface area (Å²) in [7, 11) is 3.24. The maximum absolute atomic E-state index is 12.2. The van der Waals surface area contributed by atoms with E-state index in [4.69, 9.17) is 14.2 Å². The SMILES string of the molecule is COc1cc(CCC(=O)NCC2COc3ccccc3C2)cc(OC)c1. The molecule has 1 aliphatic rings. The van der Waals surface area contributed by atoms with E-state index in [1.165, 1.54) is 5.56 Å². The summed E-state index contributed by atoms with van der Waals surface area (Å²) >= 11 is 0. The Morgan fingerprint density at radius 3 is 2.62 bits per heavy atom. The monoisotopic (exact) mass is 355 g/mol. The summed E-state index contributed by atoms with van der Waals surface area (Å²) in [5.74, 6) is 2.79. The molecule has 3 rings (SSSR count). The largest absolute Gasteiger partial charge is 0.497 e. The number of carbonyl (C=O) groups is 1. The summed E-state index contributed by atoms with van der Waals surface area (Å²) in [5, 5.41) is 3.03. The van der Waals surface area contributed by atoms with Crippen molar-refractivity contribution in [2.24, 2.45) is 5.92 Å². The second-order valence-corrected chi connectivity index (χ2v) is 6.51. The number of rotatable bonds is 7. The Bertz CT molecular complexity index is 737. The number of amides is 1. The van der Waals surface area contributed by atoms with E-state index in [-0.39, 0.29) is 5.91 Å². The van der Waals surface area contributed by atoms with E-state index < -0.39 is 0 Å². The van der Waals surface area contributed by atoms with Gasteiger partial charge in [-0.2, -0.15) is 0 Å². The lowest BCUT2D eigenvalue weighted by molar-refractivity contribution is -0.121. The van der Waals surface area contributed by atoms with Gasteiger partial charge in [-0.3, -0.25) is 4.79 Å². The van der Waals surface area contributed by atoms with Crippen LogP contribution in [0, 0.1) is 5.92 Å². The molecule has 1 N–H and O–H groups in total. The molecule has 2 aromatic rings. The first-order valence-electron chi connectivity index (χ1n) is 8.87. The van der Waals surface area contributed by atoms with Crippen LogP contribution >= 0.6 is 0 Å².